The van der Waals surface area contributed by atoms with Crippen LogP contribution in [-0.4, -0.2) is 96.8 Å². The molecule has 13 heteroatoms. The number of benzene rings is 1. The van der Waals surface area contributed by atoms with Crippen LogP contribution in [0.25, 0.3) is 0 Å². The fraction of sp³-hybridized carbons (Fsp3) is 0.542. The lowest BCUT2D eigenvalue weighted by atomic mass is 10.0. The Kier molecular flexibility index (Phi) is 8.54. The van der Waals surface area contributed by atoms with Crippen molar-refractivity contribution in [2.75, 3.05) is 52.9 Å². The number of likely N-dealkylation sites (tertiary alicyclic amines) is 1. The Bertz CT molecular complexity index is 1050. The van der Waals surface area contributed by atoms with Crippen molar-refractivity contribution in [3.63, 3.8) is 0 Å². The predicted octanol–water partition coefficient (Wildman–Crippen LogP) is 2.12. The molecule has 2 saturated heterocycles. The summed E-state index contributed by atoms with van der Waals surface area (Å²) in [4.78, 5) is 35.7. The van der Waals surface area contributed by atoms with E-state index in [9.17, 15) is 22.8 Å². The summed E-state index contributed by atoms with van der Waals surface area (Å²) in [6.07, 6.45) is -1.20. The Balaban J connectivity index is 1.17. The van der Waals surface area contributed by atoms with Gasteiger partial charge in [0.1, 0.15) is 17.8 Å². The molecule has 2 aliphatic heterocycles. The van der Waals surface area contributed by atoms with Gasteiger partial charge in [-0.2, -0.15) is 0 Å². The van der Waals surface area contributed by atoms with Crippen molar-refractivity contribution < 1.29 is 36.7 Å². The molecule has 3 heterocycles. The monoisotopic (exact) mass is 525 g/mol. The van der Waals surface area contributed by atoms with E-state index in [4.69, 9.17) is 9.15 Å². The zero-order valence-electron chi connectivity index (χ0n) is 20.5. The van der Waals surface area contributed by atoms with Gasteiger partial charge in [-0.3, -0.25) is 14.5 Å². The molecule has 2 aromatic rings. The van der Waals surface area contributed by atoms with Gasteiger partial charge >= 0.3 is 6.36 Å². The molecule has 37 heavy (non-hydrogen) atoms. The number of carbonyl (C=O) groups is 2. The van der Waals surface area contributed by atoms with Crippen LogP contribution < -0.4 is 14.8 Å². The van der Waals surface area contributed by atoms with Crippen LogP contribution in [0.3, 0.4) is 0 Å². The first kappa shape index (κ1) is 26.7. The molecular formula is C24H30F3N5O5. The van der Waals surface area contributed by atoms with E-state index in [0.717, 1.165) is 51.2 Å². The molecule has 2 amide bonds. The third-order valence-electron chi connectivity index (χ3n) is 6.44. The van der Waals surface area contributed by atoms with Gasteiger partial charge in [-0.15, -0.1) is 13.2 Å². The van der Waals surface area contributed by atoms with Crippen LogP contribution in [0.1, 0.15) is 29.2 Å². The van der Waals surface area contributed by atoms with E-state index >= 15 is 0 Å². The summed E-state index contributed by atoms with van der Waals surface area (Å²) in [7, 11) is 2.14. The van der Waals surface area contributed by atoms with E-state index in [1.807, 2.05) is 0 Å². The summed E-state index contributed by atoms with van der Waals surface area (Å²) < 4.78 is 51.0. The predicted molar refractivity (Wildman–Crippen MR) is 125 cm³/mol. The highest BCUT2D eigenvalue weighted by atomic mass is 19.4. The largest absolute Gasteiger partial charge is 0.573 e. The number of hydrogen-bond acceptors (Lipinski definition) is 8. The summed E-state index contributed by atoms with van der Waals surface area (Å²) >= 11 is 0. The lowest BCUT2D eigenvalue weighted by Crippen LogP contribution is -2.54. The molecule has 0 atom stereocenters. The van der Waals surface area contributed by atoms with E-state index in [1.54, 1.807) is 4.90 Å². The second-order valence-corrected chi connectivity index (χ2v) is 9.07. The SMILES string of the molecule is CN1CCC(N2CCN(C(=O)c3coc(CNC(=O)COc4ccc(OC(F)(F)F)cc4)n3)CC2)CC1. The van der Waals surface area contributed by atoms with Crippen LogP contribution in [0.5, 0.6) is 11.5 Å². The molecule has 4 rings (SSSR count). The van der Waals surface area contributed by atoms with Gasteiger partial charge < -0.3 is 29.0 Å². The second-order valence-electron chi connectivity index (χ2n) is 9.07. The molecule has 0 bridgehead atoms. The van der Waals surface area contributed by atoms with Crippen LogP contribution in [0.15, 0.2) is 34.9 Å². The highest BCUT2D eigenvalue weighted by Gasteiger charge is 2.31. The molecule has 1 aromatic carbocycles. The summed E-state index contributed by atoms with van der Waals surface area (Å²) in [5.74, 6) is -0.713. The van der Waals surface area contributed by atoms with Crippen LogP contribution in [0, 0.1) is 0 Å². The Morgan fingerprint density at radius 3 is 2.35 bits per heavy atom. The first-order valence-corrected chi connectivity index (χ1v) is 12.1. The molecule has 2 aliphatic rings. The lowest BCUT2D eigenvalue weighted by Gasteiger charge is -2.42. The minimum atomic E-state index is -4.78. The molecule has 0 saturated carbocycles. The number of amides is 2. The Morgan fingerprint density at radius 1 is 1.05 bits per heavy atom. The van der Waals surface area contributed by atoms with E-state index < -0.39 is 18.0 Å². The summed E-state index contributed by atoms with van der Waals surface area (Å²) in [5, 5.41) is 2.56. The number of carbonyl (C=O) groups excluding carboxylic acids is 2. The number of alkyl halides is 3. The van der Waals surface area contributed by atoms with Gasteiger partial charge in [-0.25, -0.2) is 4.98 Å². The van der Waals surface area contributed by atoms with Crippen molar-refractivity contribution in [2.24, 2.45) is 0 Å². The molecule has 0 unspecified atom stereocenters. The van der Waals surface area contributed by atoms with Crippen molar-refractivity contribution in [2.45, 2.75) is 31.8 Å². The number of piperazine rings is 1. The number of piperidine rings is 1. The number of hydrogen-bond donors (Lipinski definition) is 1. The quantitative estimate of drug-likeness (QED) is 0.560. The third kappa shape index (κ3) is 7.83. The average Bonchev–Trinajstić information content (AvgIpc) is 3.35. The molecule has 0 radical (unpaired) electrons. The average molecular weight is 526 g/mol. The first-order valence-electron chi connectivity index (χ1n) is 12.1. The van der Waals surface area contributed by atoms with E-state index in [2.05, 4.69) is 31.9 Å². The highest BCUT2D eigenvalue weighted by molar-refractivity contribution is 5.92. The summed E-state index contributed by atoms with van der Waals surface area (Å²) in [6.45, 7) is 4.71. The summed E-state index contributed by atoms with van der Waals surface area (Å²) in [5.41, 5.74) is 0.189. The van der Waals surface area contributed by atoms with Crippen LogP contribution in [0.4, 0.5) is 13.2 Å². The fourth-order valence-electron chi connectivity index (χ4n) is 4.41. The molecule has 10 nitrogen and oxygen atoms in total. The third-order valence-corrected chi connectivity index (χ3v) is 6.44. The van der Waals surface area contributed by atoms with E-state index in [0.29, 0.717) is 19.1 Å². The number of nitrogens with zero attached hydrogens (tertiary/aromatic N) is 4. The zero-order chi connectivity index (χ0) is 26.4. The van der Waals surface area contributed by atoms with Crippen molar-refractivity contribution in [1.82, 2.24) is 25.0 Å². The molecular weight excluding hydrogens is 495 g/mol. The van der Waals surface area contributed by atoms with Gasteiger partial charge in [0.2, 0.25) is 5.89 Å². The van der Waals surface area contributed by atoms with Crippen molar-refractivity contribution in [1.29, 1.82) is 0 Å². The number of nitrogens with one attached hydrogen (secondary N) is 1. The van der Waals surface area contributed by atoms with E-state index in [-0.39, 0.29) is 36.4 Å². The van der Waals surface area contributed by atoms with Gasteiger partial charge in [0.05, 0.1) is 6.54 Å². The molecule has 1 N–H and O–H groups in total. The standard InChI is InChI=1S/C24H30F3N5O5/c1-30-8-6-17(7-9-30)31-10-12-32(13-11-31)23(34)20-15-36-22(29-20)14-28-21(33)16-35-18-2-4-19(5-3-18)37-24(25,26)27/h2-5,15,17H,6-14,16H2,1H3,(H,28,33). The number of ether oxygens (including phenoxy) is 2. The number of aromatic nitrogens is 1. The normalized spacial score (nSPS) is 18.0. The molecule has 202 valence electrons. The summed E-state index contributed by atoms with van der Waals surface area (Å²) in [6, 6.07) is 5.26. The maximum atomic E-state index is 12.8. The zero-order valence-corrected chi connectivity index (χ0v) is 20.5. The molecule has 2 fully saturated rings. The molecule has 0 spiro atoms. The van der Waals surface area contributed by atoms with Gasteiger partial charge in [-0.05, 0) is 57.2 Å². The van der Waals surface area contributed by atoms with Crippen molar-refractivity contribution in [3.05, 3.63) is 42.1 Å². The maximum Gasteiger partial charge on any atom is 0.573 e. The van der Waals surface area contributed by atoms with Gasteiger partial charge in [0.25, 0.3) is 11.8 Å². The number of oxazole rings is 1. The Labute approximate surface area is 212 Å². The topological polar surface area (TPSA) is 100 Å². The lowest BCUT2D eigenvalue weighted by molar-refractivity contribution is -0.274. The molecule has 1 aromatic heterocycles. The van der Waals surface area contributed by atoms with Gasteiger partial charge in [0.15, 0.2) is 12.3 Å². The number of rotatable bonds is 8. The highest BCUT2D eigenvalue weighted by Crippen LogP contribution is 2.24. The maximum absolute atomic E-state index is 12.8. The first-order chi connectivity index (χ1) is 17.7. The minimum absolute atomic E-state index is 0.0439. The van der Waals surface area contributed by atoms with Crippen LogP contribution in [-0.2, 0) is 11.3 Å². The molecule has 0 aliphatic carbocycles. The smallest absolute Gasteiger partial charge is 0.484 e. The van der Waals surface area contributed by atoms with Crippen LogP contribution >= 0.6 is 0 Å². The number of halogens is 3. The van der Waals surface area contributed by atoms with Gasteiger partial charge in [-0.1, -0.05) is 0 Å². The Hall–Kier alpha value is -3.32. The van der Waals surface area contributed by atoms with Crippen molar-refractivity contribution in [3.8, 4) is 11.5 Å². The van der Waals surface area contributed by atoms with Crippen molar-refractivity contribution >= 4 is 11.8 Å². The minimum Gasteiger partial charge on any atom is -0.484 e. The Morgan fingerprint density at radius 2 is 1.70 bits per heavy atom. The fourth-order valence-corrected chi connectivity index (χ4v) is 4.41. The van der Waals surface area contributed by atoms with Gasteiger partial charge in [0, 0.05) is 32.2 Å². The second kappa shape index (κ2) is 11.8. The van der Waals surface area contributed by atoms with E-state index in [1.165, 1.54) is 18.4 Å². The van der Waals surface area contributed by atoms with Crippen LogP contribution in [0.2, 0.25) is 0 Å².